The molecular weight excluding hydrogens is 230 g/mol. The van der Waals surface area contributed by atoms with Gasteiger partial charge >= 0.3 is 0 Å². The van der Waals surface area contributed by atoms with Gasteiger partial charge in [0.15, 0.2) is 0 Å². The van der Waals surface area contributed by atoms with Crippen molar-refractivity contribution in [3.63, 3.8) is 0 Å². The number of nitrogens with one attached hydrogen (secondary N) is 1. The minimum Gasteiger partial charge on any atom is -0.341 e. The molecule has 3 heterocycles. The maximum Gasteiger partial charge on any atom is 0.242 e. The van der Waals surface area contributed by atoms with Gasteiger partial charge in [-0.2, -0.15) is 0 Å². The number of carbonyl (C=O) groups excluding carboxylic acids is 2. The molecule has 0 aliphatic carbocycles. The summed E-state index contributed by atoms with van der Waals surface area (Å²) < 4.78 is 0. The minimum absolute atomic E-state index is 0.133. The average molecular weight is 251 g/mol. The van der Waals surface area contributed by atoms with Gasteiger partial charge in [0.1, 0.15) is 0 Å². The molecule has 1 atom stereocenters. The van der Waals surface area contributed by atoms with Crippen LogP contribution in [0.5, 0.6) is 0 Å². The highest BCUT2D eigenvalue weighted by Gasteiger charge is 2.42. The maximum absolute atomic E-state index is 12.2. The number of likely N-dealkylation sites (tertiary alicyclic amines) is 2. The molecule has 3 aliphatic rings. The van der Waals surface area contributed by atoms with Crippen LogP contribution in [0.3, 0.4) is 0 Å². The lowest BCUT2D eigenvalue weighted by molar-refractivity contribution is -0.137. The fourth-order valence-corrected chi connectivity index (χ4v) is 3.43. The molecule has 0 bridgehead atoms. The van der Waals surface area contributed by atoms with Crippen molar-refractivity contribution in [2.75, 3.05) is 39.3 Å². The van der Waals surface area contributed by atoms with Crippen LogP contribution in [0.1, 0.15) is 25.7 Å². The van der Waals surface area contributed by atoms with E-state index in [1.165, 1.54) is 6.42 Å². The first-order chi connectivity index (χ1) is 8.69. The van der Waals surface area contributed by atoms with Gasteiger partial charge in [-0.05, 0) is 25.8 Å². The van der Waals surface area contributed by atoms with E-state index in [9.17, 15) is 9.59 Å². The Kier molecular flexibility index (Phi) is 3.01. The van der Waals surface area contributed by atoms with Gasteiger partial charge < -0.3 is 15.1 Å². The summed E-state index contributed by atoms with van der Waals surface area (Å²) in [4.78, 5) is 27.4. The zero-order valence-corrected chi connectivity index (χ0v) is 10.8. The lowest BCUT2D eigenvalue weighted by Crippen LogP contribution is -2.41. The van der Waals surface area contributed by atoms with Crippen LogP contribution >= 0.6 is 0 Å². The standard InChI is InChI=1S/C13H21N3O2/c17-11-2-1-6-15(11)8-12(18)16-7-4-13(10-16)3-5-14-9-13/h14H,1-10H2. The first-order valence-corrected chi connectivity index (χ1v) is 6.95. The van der Waals surface area contributed by atoms with Crippen LogP contribution in [0.2, 0.25) is 0 Å². The van der Waals surface area contributed by atoms with Gasteiger partial charge in [-0.3, -0.25) is 9.59 Å². The van der Waals surface area contributed by atoms with Gasteiger partial charge in [0.25, 0.3) is 0 Å². The van der Waals surface area contributed by atoms with E-state index in [1.54, 1.807) is 4.90 Å². The van der Waals surface area contributed by atoms with E-state index in [0.717, 1.165) is 45.6 Å². The summed E-state index contributed by atoms with van der Waals surface area (Å²) in [7, 11) is 0. The zero-order valence-electron chi connectivity index (χ0n) is 10.8. The second-order valence-electron chi connectivity index (χ2n) is 5.91. The van der Waals surface area contributed by atoms with Crippen molar-refractivity contribution < 1.29 is 9.59 Å². The quantitative estimate of drug-likeness (QED) is 0.741. The van der Waals surface area contributed by atoms with Crippen molar-refractivity contribution in [3.8, 4) is 0 Å². The first-order valence-electron chi connectivity index (χ1n) is 6.95. The Morgan fingerprint density at radius 2 is 2.22 bits per heavy atom. The molecule has 0 radical (unpaired) electrons. The van der Waals surface area contributed by atoms with Gasteiger partial charge in [0, 0.05) is 38.0 Å². The lowest BCUT2D eigenvalue weighted by Gasteiger charge is -2.24. The maximum atomic E-state index is 12.2. The number of rotatable bonds is 2. The molecule has 5 nitrogen and oxygen atoms in total. The molecule has 1 N–H and O–H groups in total. The predicted octanol–water partition coefficient (Wildman–Crippen LogP) is -0.179. The van der Waals surface area contributed by atoms with Crippen LogP contribution in [-0.4, -0.2) is 60.9 Å². The van der Waals surface area contributed by atoms with Gasteiger partial charge in [-0.15, -0.1) is 0 Å². The second-order valence-corrected chi connectivity index (χ2v) is 5.91. The highest BCUT2D eigenvalue weighted by molar-refractivity contribution is 5.86. The van der Waals surface area contributed by atoms with E-state index in [4.69, 9.17) is 0 Å². The number of carbonyl (C=O) groups is 2. The van der Waals surface area contributed by atoms with Crippen molar-refractivity contribution in [1.82, 2.24) is 15.1 Å². The van der Waals surface area contributed by atoms with E-state index in [0.29, 0.717) is 18.4 Å². The fraction of sp³-hybridized carbons (Fsp3) is 0.846. The van der Waals surface area contributed by atoms with Gasteiger partial charge in [-0.25, -0.2) is 0 Å². The van der Waals surface area contributed by atoms with Crippen molar-refractivity contribution >= 4 is 11.8 Å². The SMILES string of the molecule is O=C1CCCN1CC(=O)N1CCC2(CCNC2)C1. The largest absolute Gasteiger partial charge is 0.341 e. The fourth-order valence-electron chi connectivity index (χ4n) is 3.43. The summed E-state index contributed by atoms with van der Waals surface area (Å²) in [5.74, 6) is 0.272. The second kappa shape index (κ2) is 4.53. The third-order valence-electron chi connectivity index (χ3n) is 4.62. The number of amides is 2. The van der Waals surface area contributed by atoms with Crippen LogP contribution in [0.25, 0.3) is 0 Å². The Labute approximate surface area is 107 Å². The van der Waals surface area contributed by atoms with Crippen LogP contribution in [0, 0.1) is 5.41 Å². The molecule has 2 amide bonds. The van der Waals surface area contributed by atoms with E-state index >= 15 is 0 Å². The summed E-state index contributed by atoms with van der Waals surface area (Å²) >= 11 is 0. The molecule has 3 rings (SSSR count). The Bertz CT molecular complexity index is 363. The van der Waals surface area contributed by atoms with Gasteiger partial charge in [0.05, 0.1) is 6.54 Å². The number of hydrogen-bond acceptors (Lipinski definition) is 3. The van der Waals surface area contributed by atoms with Crippen LogP contribution in [0.4, 0.5) is 0 Å². The normalized spacial score (nSPS) is 31.9. The van der Waals surface area contributed by atoms with Crippen molar-refractivity contribution in [3.05, 3.63) is 0 Å². The summed E-state index contributed by atoms with van der Waals surface area (Å²) in [5.41, 5.74) is 0.324. The van der Waals surface area contributed by atoms with Crippen molar-refractivity contribution in [2.45, 2.75) is 25.7 Å². The Hall–Kier alpha value is -1.10. The Morgan fingerprint density at radius 1 is 1.33 bits per heavy atom. The van der Waals surface area contributed by atoms with Gasteiger partial charge in [-0.1, -0.05) is 0 Å². The molecule has 100 valence electrons. The summed E-state index contributed by atoms with van der Waals surface area (Å²) in [6.45, 7) is 4.91. The first kappa shape index (κ1) is 12.0. The van der Waals surface area contributed by atoms with E-state index in [1.807, 2.05) is 4.90 Å². The van der Waals surface area contributed by atoms with E-state index < -0.39 is 0 Å². The summed E-state index contributed by atoms with van der Waals surface area (Å²) in [6.07, 6.45) is 3.81. The highest BCUT2D eigenvalue weighted by Crippen LogP contribution is 2.36. The molecule has 0 aromatic carbocycles. The number of nitrogens with zero attached hydrogens (tertiary/aromatic N) is 2. The van der Waals surface area contributed by atoms with Crippen LogP contribution < -0.4 is 5.32 Å². The van der Waals surface area contributed by atoms with Crippen molar-refractivity contribution in [2.24, 2.45) is 5.41 Å². The predicted molar refractivity (Wildman–Crippen MR) is 66.9 cm³/mol. The molecule has 0 aromatic rings. The van der Waals surface area contributed by atoms with Gasteiger partial charge in [0.2, 0.25) is 11.8 Å². The molecule has 3 fully saturated rings. The van der Waals surface area contributed by atoms with Crippen LogP contribution in [-0.2, 0) is 9.59 Å². The van der Waals surface area contributed by atoms with Crippen LogP contribution in [0.15, 0.2) is 0 Å². The van der Waals surface area contributed by atoms with E-state index in [2.05, 4.69) is 5.32 Å². The van der Waals surface area contributed by atoms with E-state index in [-0.39, 0.29) is 11.8 Å². The lowest BCUT2D eigenvalue weighted by atomic mass is 9.87. The molecule has 0 saturated carbocycles. The molecule has 18 heavy (non-hydrogen) atoms. The number of hydrogen-bond donors (Lipinski definition) is 1. The minimum atomic E-state index is 0.133. The zero-order chi connectivity index (χ0) is 12.6. The third kappa shape index (κ3) is 2.11. The third-order valence-corrected chi connectivity index (χ3v) is 4.62. The Balaban J connectivity index is 1.56. The molecule has 0 aromatic heterocycles. The highest BCUT2D eigenvalue weighted by atomic mass is 16.2. The van der Waals surface area contributed by atoms with Crippen molar-refractivity contribution in [1.29, 1.82) is 0 Å². The molecule has 1 spiro atoms. The molecule has 3 saturated heterocycles. The summed E-state index contributed by atoms with van der Waals surface area (Å²) in [5, 5.41) is 3.39. The smallest absolute Gasteiger partial charge is 0.242 e. The summed E-state index contributed by atoms with van der Waals surface area (Å²) in [6, 6.07) is 0. The molecular formula is C13H21N3O2. The molecule has 1 unspecified atom stereocenters. The average Bonchev–Trinajstić information content (AvgIpc) is 3.05. The molecule has 3 aliphatic heterocycles. The monoisotopic (exact) mass is 251 g/mol. The topological polar surface area (TPSA) is 52.7 Å². The molecule has 5 heteroatoms. The Morgan fingerprint density at radius 3 is 2.89 bits per heavy atom.